The van der Waals surface area contributed by atoms with E-state index in [9.17, 15) is 0 Å². The molecule has 1 atom stereocenters. The fourth-order valence-corrected chi connectivity index (χ4v) is 6.29. The van der Waals surface area contributed by atoms with Crippen LogP contribution in [0.4, 0.5) is 0 Å². The van der Waals surface area contributed by atoms with E-state index < -0.39 is 0 Å². The average Bonchev–Trinajstić information content (AvgIpc) is 2.75. The van der Waals surface area contributed by atoms with Crippen LogP contribution in [-0.2, 0) is 0 Å². The van der Waals surface area contributed by atoms with Crippen molar-refractivity contribution in [3.63, 3.8) is 0 Å². The summed E-state index contributed by atoms with van der Waals surface area (Å²) in [5.41, 5.74) is 8.67. The van der Waals surface area contributed by atoms with Crippen molar-refractivity contribution in [3.8, 4) is 0 Å². The highest BCUT2D eigenvalue weighted by Crippen LogP contribution is 2.54. The Morgan fingerprint density at radius 2 is 1.57 bits per heavy atom. The minimum Gasteiger partial charge on any atom is -0.115 e. The van der Waals surface area contributed by atoms with Crippen molar-refractivity contribution in [1.82, 2.24) is 0 Å². The quantitative estimate of drug-likeness (QED) is 0.418. The predicted molar refractivity (Wildman–Crippen MR) is 132 cm³/mol. The van der Waals surface area contributed by atoms with Gasteiger partial charge in [-0.05, 0) is 96.4 Å². The molecule has 2 aliphatic carbocycles. The third-order valence-electron chi connectivity index (χ3n) is 6.58. The summed E-state index contributed by atoms with van der Waals surface area (Å²) in [4.78, 5) is 1.34. The first kappa shape index (κ1) is 19.5. The number of aryl methyl sites for hydroxylation is 1. The third kappa shape index (κ3) is 3.36. The molecule has 0 fully saturated rings. The highest BCUT2D eigenvalue weighted by molar-refractivity contribution is 8.00. The van der Waals surface area contributed by atoms with Gasteiger partial charge >= 0.3 is 0 Å². The maximum Gasteiger partial charge on any atom is 0.0433 e. The minimum absolute atomic E-state index is 0.0437. The van der Waals surface area contributed by atoms with E-state index in [2.05, 4.69) is 99.7 Å². The molecule has 0 aliphatic heterocycles. The Kier molecular flexibility index (Phi) is 4.95. The summed E-state index contributed by atoms with van der Waals surface area (Å²) in [6.07, 6.45) is 8.37. The van der Waals surface area contributed by atoms with Crippen LogP contribution >= 0.6 is 11.8 Å². The molecule has 0 saturated heterocycles. The molecule has 30 heavy (non-hydrogen) atoms. The molecule has 0 N–H and O–H groups in total. The summed E-state index contributed by atoms with van der Waals surface area (Å²) < 4.78 is 0.0437. The molecule has 3 aromatic carbocycles. The van der Waals surface area contributed by atoms with Crippen LogP contribution in [0.3, 0.4) is 0 Å². The Balaban J connectivity index is 1.76. The zero-order valence-electron chi connectivity index (χ0n) is 18.0. The van der Waals surface area contributed by atoms with E-state index in [0.717, 1.165) is 19.3 Å². The van der Waals surface area contributed by atoms with Crippen LogP contribution in [0.25, 0.3) is 16.3 Å². The summed E-state index contributed by atoms with van der Waals surface area (Å²) in [7, 11) is 0. The second-order valence-corrected chi connectivity index (χ2v) is 10.4. The molecule has 0 aromatic heterocycles. The molecule has 2 aliphatic rings. The van der Waals surface area contributed by atoms with Gasteiger partial charge < -0.3 is 0 Å². The van der Waals surface area contributed by atoms with Gasteiger partial charge in [0.1, 0.15) is 0 Å². The van der Waals surface area contributed by atoms with Crippen molar-refractivity contribution in [2.45, 2.75) is 49.7 Å². The van der Waals surface area contributed by atoms with Gasteiger partial charge in [-0.3, -0.25) is 0 Å². The second-order valence-electron chi connectivity index (χ2n) is 8.78. The highest BCUT2D eigenvalue weighted by atomic mass is 32.2. The maximum atomic E-state index is 2.49. The van der Waals surface area contributed by atoms with Crippen LogP contribution in [0, 0.1) is 6.92 Å². The van der Waals surface area contributed by atoms with Crippen molar-refractivity contribution in [2.24, 2.45) is 0 Å². The van der Waals surface area contributed by atoms with E-state index in [0.29, 0.717) is 0 Å². The Hall–Kier alpha value is -2.51. The van der Waals surface area contributed by atoms with Gasteiger partial charge in [0.15, 0.2) is 0 Å². The van der Waals surface area contributed by atoms with Crippen LogP contribution in [0.15, 0.2) is 100 Å². The number of benzene rings is 3. The second kappa shape index (κ2) is 7.63. The van der Waals surface area contributed by atoms with E-state index in [1.165, 1.54) is 49.1 Å². The molecule has 5 rings (SSSR count). The van der Waals surface area contributed by atoms with Crippen molar-refractivity contribution >= 4 is 28.1 Å². The number of allylic oxidation sites excluding steroid dienone is 5. The van der Waals surface area contributed by atoms with Crippen LogP contribution in [0.2, 0.25) is 0 Å². The standard InChI is InChI=1S/C29H28S/c1-20-17-22-11-7-9-15-25(22)27(18-20)28-21(2)29(3,30-24-13-5-4-6-14-24)19-23-12-8-10-16-26(23)28/h4-7,9,11-18H,8,10,19H2,1-3H3. The fraction of sp³-hybridized carbons (Fsp3) is 0.241. The van der Waals surface area contributed by atoms with E-state index in [4.69, 9.17) is 0 Å². The van der Waals surface area contributed by atoms with Crippen molar-refractivity contribution in [3.05, 3.63) is 107 Å². The first-order chi connectivity index (χ1) is 14.5. The molecule has 0 bridgehead atoms. The lowest BCUT2D eigenvalue weighted by Gasteiger charge is -2.40. The Labute approximate surface area is 184 Å². The molecular weight excluding hydrogens is 380 g/mol. The van der Waals surface area contributed by atoms with Crippen molar-refractivity contribution < 1.29 is 0 Å². The monoisotopic (exact) mass is 408 g/mol. The van der Waals surface area contributed by atoms with Crippen LogP contribution in [0.1, 0.15) is 44.2 Å². The summed E-state index contributed by atoms with van der Waals surface area (Å²) in [6, 6.07) is 24.4. The zero-order chi connectivity index (χ0) is 20.7. The lowest BCUT2D eigenvalue weighted by Crippen LogP contribution is -2.29. The van der Waals surface area contributed by atoms with E-state index >= 15 is 0 Å². The molecule has 1 heteroatoms. The van der Waals surface area contributed by atoms with E-state index in [-0.39, 0.29) is 4.75 Å². The van der Waals surface area contributed by atoms with Crippen LogP contribution in [-0.4, -0.2) is 4.75 Å². The molecule has 0 nitrogen and oxygen atoms in total. The van der Waals surface area contributed by atoms with Gasteiger partial charge in [-0.1, -0.05) is 66.7 Å². The molecule has 0 radical (unpaired) electrons. The Morgan fingerprint density at radius 3 is 2.40 bits per heavy atom. The fourth-order valence-electron chi connectivity index (χ4n) is 4.99. The van der Waals surface area contributed by atoms with Gasteiger partial charge in [0.25, 0.3) is 0 Å². The minimum atomic E-state index is 0.0437. The van der Waals surface area contributed by atoms with Gasteiger partial charge in [0.2, 0.25) is 0 Å². The topological polar surface area (TPSA) is 0 Å². The largest absolute Gasteiger partial charge is 0.115 e. The zero-order valence-corrected chi connectivity index (χ0v) is 18.9. The van der Waals surface area contributed by atoms with Gasteiger partial charge in [-0.2, -0.15) is 0 Å². The van der Waals surface area contributed by atoms with Crippen molar-refractivity contribution in [2.75, 3.05) is 0 Å². The third-order valence-corrected chi connectivity index (χ3v) is 7.99. The van der Waals surface area contributed by atoms with Crippen LogP contribution in [0.5, 0.6) is 0 Å². The van der Waals surface area contributed by atoms with Crippen molar-refractivity contribution in [1.29, 1.82) is 0 Å². The Bertz CT molecular complexity index is 1210. The lowest BCUT2D eigenvalue weighted by molar-refractivity contribution is 0.714. The number of rotatable bonds is 3. The van der Waals surface area contributed by atoms with Gasteiger partial charge in [-0.15, -0.1) is 11.8 Å². The van der Waals surface area contributed by atoms with Gasteiger partial charge in [-0.25, -0.2) is 0 Å². The summed E-state index contributed by atoms with van der Waals surface area (Å²) in [5.74, 6) is 0. The molecule has 0 saturated carbocycles. The first-order valence-corrected chi connectivity index (χ1v) is 11.7. The number of hydrogen-bond acceptors (Lipinski definition) is 1. The molecular formula is C29H28S. The smallest absolute Gasteiger partial charge is 0.0433 e. The molecule has 1 unspecified atom stereocenters. The number of fused-ring (bicyclic) bond motifs is 2. The van der Waals surface area contributed by atoms with Gasteiger partial charge in [0.05, 0.1) is 0 Å². The molecule has 0 spiro atoms. The summed E-state index contributed by atoms with van der Waals surface area (Å²) in [6.45, 7) is 7.03. The van der Waals surface area contributed by atoms with E-state index in [1.807, 2.05) is 11.8 Å². The molecule has 3 aromatic rings. The van der Waals surface area contributed by atoms with E-state index in [1.54, 1.807) is 0 Å². The number of thioether (sulfide) groups is 1. The van der Waals surface area contributed by atoms with Crippen LogP contribution < -0.4 is 0 Å². The molecule has 0 amide bonds. The normalized spacial score (nSPS) is 21.3. The summed E-state index contributed by atoms with van der Waals surface area (Å²) in [5, 5.41) is 2.69. The Morgan fingerprint density at radius 1 is 0.833 bits per heavy atom. The maximum absolute atomic E-state index is 2.49. The number of hydrogen-bond donors (Lipinski definition) is 0. The average molecular weight is 409 g/mol. The molecule has 150 valence electrons. The SMILES string of the molecule is CC1=C(c2cc(C)cc3ccccc23)C2=CCCC=C2CC1(C)Sc1ccccc1. The van der Waals surface area contributed by atoms with Gasteiger partial charge in [0, 0.05) is 9.64 Å². The summed E-state index contributed by atoms with van der Waals surface area (Å²) >= 11 is 2.01. The molecule has 0 heterocycles. The highest BCUT2D eigenvalue weighted by Gasteiger charge is 2.38. The first-order valence-electron chi connectivity index (χ1n) is 10.9. The lowest BCUT2D eigenvalue weighted by atomic mass is 9.72. The predicted octanol–water partition coefficient (Wildman–Crippen LogP) is 8.52.